The Labute approximate surface area is 113 Å². The topological polar surface area (TPSA) is 29.9 Å². The second-order valence-corrected chi connectivity index (χ2v) is 4.81. The van der Waals surface area contributed by atoms with Crippen LogP contribution in [0.25, 0.3) is 5.69 Å². The molecule has 0 spiro atoms. The fourth-order valence-electron chi connectivity index (χ4n) is 2.10. The lowest BCUT2D eigenvalue weighted by Crippen LogP contribution is -2.12. The van der Waals surface area contributed by atoms with E-state index in [-0.39, 0.29) is 5.82 Å². The van der Waals surface area contributed by atoms with Crippen LogP contribution < -0.4 is 5.32 Å². The average Bonchev–Trinajstić information content (AvgIpc) is 2.63. The highest BCUT2D eigenvalue weighted by Crippen LogP contribution is 2.19. The molecule has 2 aromatic rings. The molecule has 0 bridgehead atoms. The van der Waals surface area contributed by atoms with E-state index >= 15 is 0 Å². The molecule has 1 aromatic heterocycles. The second kappa shape index (κ2) is 5.53. The monoisotopic (exact) mass is 261 g/mol. The average molecular weight is 261 g/mol. The lowest BCUT2D eigenvalue weighted by molar-refractivity contribution is 0.618. The summed E-state index contributed by atoms with van der Waals surface area (Å²) in [6.07, 6.45) is 0. The van der Waals surface area contributed by atoms with E-state index in [9.17, 15) is 4.39 Å². The van der Waals surface area contributed by atoms with Crippen LogP contribution in [0.3, 0.4) is 0 Å². The van der Waals surface area contributed by atoms with Gasteiger partial charge in [0.1, 0.15) is 5.82 Å². The second-order valence-electron chi connectivity index (χ2n) is 4.81. The summed E-state index contributed by atoms with van der Waals surface area (Å²) in [4.78, 5) is 0. The molecule has 0 fully saturated rings. The van der Waals surface area contributed by atoms with Crippen LogP contribution >= 0.6 is 0 Å². The van der Waals surface area contributed by atoms with Crippen molar-refractivity contribution in [3.63, 3.8) is 0 Å². The first-order valence-electron chi connectivity index (χ1n) is 6.56. The van der Waals surface area contributed by atoms with Crippen LogP contribution in [0.2, 0.25) is 0 Å². The minimum absolute atomic E-state index is 0.226. The fourth-order valence-corrected chi connectivity index (χ4v) is 2.10. The highest BCUT2D eigenvalue weighted by atomic mass is 19.1. The van der Waals surface area contributed by atoms with Crippen LogP contribution in [0, 0.1) is 26.6 Å². The minimum Gasteiger partial charge on any atom is -0.313 e. The van der Waals surface area contributed by atoms with Crippen molar-refractivity contribution < 1.29 is 4.39 Å². The van der Waals surface area contributed by atoms with Gasteiger partial charge in [-0.1, -0.05) is 6.92 Å². The van der Waals surface area contributed by atoms with Crippen molar-refractivity contribution in [3.8, 4) is 5.69 Å². The maximum absolute atomic E-state index is 13.7. The number of nitrogens with one attached hydrogen (secondary N) is 1. The Morgan fingerprint density at radius 2 is 1.95 bits per heavy atom. The van der Waals surface area contributed by atoms with E-state index in [1.54, 1.807) is 6.07 Å². The first-order valence-corrected chi connectivity index (χ1v) is 6.56. The van der Waals surface area contributed by atoms with E-state index in [2.05, 4.69) is 10.4 Å². The molecular weight excluding hydrogens is 241 g/mol. The van der Waals surface area contributed by atoms with Crippen LogP contribution in [0.15, 0.2) is 18.2 Å². The number of nitrogens with zero attached hydrogens (tertiary/aromatic N) is 2. The van der Waals surface area contributed by atoms with E-state index in [1.165, 1.54) is 6.07 Å². The van der Waals surface area contributed by atoms with Crippen molar-refractivity contribution in [1.29, 1.82) is 0 Å². The van der Waals surface area contributed by atoms with E-state index in [4.69, 9.17) is 0 Å². The molecule has 0 aliphatic heterocycles. The van der Waals surface area contributed by atoms with Gasteiger partial charge in [0.2, 0.25) is 0 Å². The van der Waals surface area contributed by atoms with Gasteiger partial charge >= 0.3 is 0 Å². The van der Waals surface area contributed by atoms with Gasteiger partial charge < -0.3 is 5.32 Å². The van der Waals surface area contributed by atoms with E-state index in [0.29, 0.717) is 6.54 Å². The number of hydrogen-bond acceptors (Lipinski definition) is 2. The number of halogens is 1. The molecular formula is C15H20FN3. The fraction of sp³-hybridized carbons (Fsp3) is 0.400. The zero-order valence-corrected chi connectivity index (χ0v) is 11.9. The van der Waals surface area contributed by atoms with Crippen molar-refractivity contribution in [2.75, 3.05) is 6.54 Å². The molecule has 102 valence electrons. The van der Waals surface area contributed by atoms with E-state index in [0.717, 1.165) is 34.7 Å². The summed E-state index contributed by atoms with van der Waals surface area (Å²) in [5.74, 6) is -0.226. The summed E-state index contributed by atoms with van der Waals surface area (Å²) in [7, 11) is 0. The Hall–Kier alpha value is -1.68. The van der Waals surface area contributed by atoms with E-state index < -0.39 is 0 Å². The van der Waals surface area contributed by atoms with Gasteiger partial charge in [0.05, 0.1) is 11.4 Å². The summed E-state index contributed by atoms with van der Waals surface area (Å²) in [6.45, 7) is 9.57. The number of aromatic nitrogens is 2. The van der Waals surface area contributed by atoms with Gasteiger partial charge in [0.15, 0.2) is 0 Å². The summed E-state index contributed by atoms with van der Waals surface area (Å²) in [5.41, 5.74) is 4.90. The van der Waals surface area contributed by atoms with Crippen LogP contribution in [0.1, 0.15) is 29.4 Å². The predicted molar refractivity (Wildman–Crippen MR) is 75.1 cm³/mol. The summed E-state index contributed by atoms with van der Waals surface area (Å²) < 4.78 is 15.5. The molecule has 0 saturated carbocycles. The minimum atomic E-state index is -0.226. The molecule has 19 heavy (non-hydrogen) atoms. The van der Waals surface area contributed by atoms with Crippen molar-refractivity contribution in [2.24, 2.45) is 0 Å². The Balaban J connectivity index is 2.43. The lowest BCUT2D eigenvalue weighted by Gasteiger charge is -2.09. The van der Waals surface area contributed by atoms with Crippen molar-refractivity contribution in [1.82, 2.24) is 15.1 Å². The van der Waals surface area contributed by atoms with Crippen molar-refractivity contribution in [2.45, 2.75) is 34.2 Å². The summed E-state index contributed by atoms with van der Waals surface area (Å²) in [6, 6.07) is 5.06. The maximum atomic E-state index is 13.7. The largest absolute Gasteiger partial charge is 0.313 e. The van der Waals surface area contributed by atoms with Gasteiger partial charge in [0.25, 0.3) is 0 Å². The molecule has 0 aliphatic carbocycles. The zero-order valence-electron chi connectivity index (χ0n) is 11.9. The van der Waals surface area contributed by atoms with Gasteiger partial charge in [-0.2, -0.15) is 5.10 Å². The smallest absolute Gasteiger partial charge is 0.125 e. The maximum Gasteiger partial charge on any atom is 0.125 e. The van der Waals surface area contributed by atoms with Crippen LogP contribution in [-0.4, -0.2) is 16.3 Å². The molecule has 1 heterocycles. The predicted octanol–water partition coefficient (Wildman–Crippen LogP) is 3.05. The van der Waals surface area contributed by atoms with Crippen molar-refractivity contribution >= 4 is 0 Å². The van der Waals surface area contributed by atoms with Gasteiger partial charge in [-0.15, -0.1) is 0 Å². The molecule has 4 heteroatoms. The third-order valence-corrected chi connectivity index (χ3v) is 3.42. The molecule has 3 nitrogen and oxygen atoms in total. The highest BCUT2D eigenvalue weighted by Gasteiger charge is 2.10. The Bertz CT molecular complexity index is 587. The highest BCUT2D eigenvalue weighted by molar-refractivity contribution is 5.39. The number of benzene rings is 1. The molecule has 2 rings (SSSR count). The standard InChI is InChI=1S/C15H20FN3/c1-5-17-9-13-6-14(16)8-15(7-13)19-12(4)10(2)11(3)18-19/h6-8,17H,5,9H2,1-4H3. The molecule has 0 aliphatic rings. The number of aryl methyl sites for hydroxylation is 1. The molecule has 1 N–H and O–H groups in total. The van der Waals surface area contributed by atoms with Crippen LogP contribution in [0.4, 0.5) is 4.39 Å². The summed E-state index contributed by atoms with van der Waals surface area (Å²) >= 11 is 0. The molecule has 0 unspecified atom stereocenters. The molecule has 0 radical (unpaired) electrons. The third-order valence-electron chi connectivity index (χ3n) is 3.42. The quantitative estimate of drug-likeness (QED) is 0.916. The van der Waals surface area contributed by atoms with Crippen LogP contribution in [-0.2, 0) is 6.54 Å². The van der Waals surface area contributed by atoms with Crippen molar-refractivity contribution in [3.05, 3.63) is 46.5 Å². The Morgan fingerprint density at radius 1 is 1.21 bits per heavy atom. The Kier molecular flexibility index (Phi) is 4.00. The molecule has 0 atom stereocenters. The van der Waals surface area contributed by atoms with E-state index in [1.807, 2.05) is 38.4 Å². The first kappa shape index (κ1) is 13.7. The van der Waals surface area contributed by atoms with Gasteiger partial charge in [-0.3, -0.25) is 0 Å². The first-order chi connectivity index (χ1) is 9.02. The summed E-state index contributed by atoms with van der Waals surface area (Å²) in [5, 5.41) is 7.68. The van der Waals surface area contributed by atoms with Gasteiger partial charge in [-0.05, 0) is 56.6 Å². The molecule has 0 amide bonds. The number of rotatable bonds is 4. The lowest BCUT2D eigenvalue weighted by atomic mass is 10.2. The van der Waals surface area contributed by atoms with Gasteiger partial charge in [0, 0.05) is 12.2 Å². The third kappa shape index (κ3) is 2.84. The van der Waals surface area contributed by atoms with Crippen LogP contribution in [0.5, 0.6) is 0 Å². The zero-order chi connectivity index (χ0) is 14.0. The molecule has 0 saturated heterocycles. The van der Waals surface area contributed by atoms with Gasteiger partial charge in [-0.25, -0.2) is 9.07 Å². The molecule has 1 aromatic carbocycles. The SMILES string of the molecule is CCNCc1cc(F)cc(-n2nc(C)c(C)c2C)c1. The Morgan fingerprint density at radius 3 is 2.53 bits per heavy atom. The number of hydrogen-bond donors (Lipinski definition) is 1. The normalized spacial score (nSPS) is 11.0.